The van der Waals surface area contributed by atoms with Crippen molar-refractivity contribution in [1.29, 1.82) is 0 Å². The van der Waals surface area contributed by atoms with E-state index in [1.54, 1.807) is 0 Å². The molecule has 0 saturated carbocycles. The van der Waals surface area contributed by atoms with Gasteiger partial charge in [0.25, 0.3) is 0 Å². The molecular weight excluding hydrogens is 216 g/mol. The SMILES string of the molecule is CC1(C)CN(C(=O)CCC2CCCN2)CCO1. The number of hydrogen-bond donors (Lipinski definition) is 1. The highest BCUT2D eigenvalue weighted by Crippen LogP contribution is 2.18. The molecule has 0 bridgehead atoms. The average molecular weight is 240 g/mol. The Morgan fingerprint density at radius 2 is 2.35 bits per heavy atom. The Morgan fingerprint density at radius 1 is 1.53 bits per heavy atom. The van der Waals surface area contributed by atoms with Gasteiger partial charge in [0.2, 0.25) is 5.91 Å². The van der Waals surface area contributed by atoms with E-state index in [2.05, 4.69) is 5.32 Å². The number of carbonyl (C=O) groups is 1. The van der Waals surface area contributed by atoms with Gasteiger partial charge in [0.1, 0.15) is 0 Å². The summed E-state index contributed by atoms with van der Waals surface area (Å²) in [6, 6.07) is 0.563. The van der Waals surface area contributed by atoms with Gasteiger partial charge in [0.15, 0.2) is 0 Å². The molecule has 0 aromatic carbocycles. The van der Waals surface area contributed by atoms with Crippen molar-refractivity contribution in [3.8, 4) is 0 Å². The van der Waals surface area contributed by atoms with E-state index in [-0.39, 0.29) is 11.5 Å². The molecule has 2 aliphatic rings. The number of ether oxygens (including phenoxy) is 1. The van der Waals surface area contributed by atoms with Crippen LogP contribution in [0.4, 0.5) is 0 Å². The zero-order valence-electron chi connectivity index (χ0n) is 11.0. The normalized spacial score (nSPS) is 28.4. The molecule has 2 saturated heterocycles. The van der Waals surface area contributed by atoms with E-state index in [1.165, 1.54) is 12.8 Å². The van der Waals surface area contributed by atoms with Crippen LogP contribution in [0.1, 0.15) is 39.5 Å². The van der Waals surface area contributed by atoms with E-state index in [0.29, 0.717) is 19.1 Å². The van der Waals surface area contributed by atoms with Crippen molar-refractivity contribution in [1.82, 2.24) is 10.2 Å². The average Bonchev–Trinajstić information content (AvgIpc) is 2.77. The fourth-order valence-corrected chi connectivity index (χ4v) is 2.69. The zero-order valence-corrected chi connectivity index (χ0v) is 11.0. The Hall–Kier alpha value is -0.610. The number of amides is 1. The van der Waals surface area contributed by atoms with Crippen LogP contribution in [-0.4, -0.2) is 48.7 Å². The summed E-state index contributed by atoms with van der Waals surface area (Å²) in [5.41, 5.74) is -0.181. The summed E-state index contributed by atoms with van der Waals surface area (Å²) in [6.45, 7) is 7.35. The van der Waals surface area contributed by atoms with Gasteiger partial charge < -0.3 is 15.0 Å². The second-order valence-corrected chi connectivity index (χ2v) is 5.76. The summed E-state index contributed by atoms with van der Waals surface area (Å²) >= 11 is 0. The number of hydrogen-bond acceptors (Lipinski definition) is 3. The van der Waals surface area contributed by atoms with Crippen LogP contribution in [0.5, 0.6) is 0 Å². The van der Waals surface area contributed by atoms with Crippen LogP contribution in [-0.2, 0) is 9.53 Å². The number of rotatable bonds is 3. The van der Waals surface area contributed by atoms with Crippen molar-refractivity contribution in [2.75, 3.05) is 26.2 Å². The molecule has 98 valence electrons. The van der Waals surface area contributed by atoms with Crippen LogP contribution < -0.4 is 5.32 Å². The maximum Gasteiger partial charge on any atom is 0.222 e. The minimum Gasteiger partial charge on any atom is -0.372 e. The first-order valence-electron chi connectivity index (χ1n) is 6.72. The van der Waals surface area contributed by atoms with Crippen molar-refractivity contribution in [2.45, 2.75) is 51.2 Å². The lowest BCUT2D eigenvalue weighted by atomic mass is 10.1. The van der Waals surface area contributed by atoms with E-state index in [0.717, 1.165) is 26.1 Å². The molecule has 0 radical (unpaired) electrons. The zero-order chi connectivity index (χ0) is 12.3. The van der Waals surface area contributed by atoms with Crippen LogP contribution in [0.2, 0.25) is 0 Å². The van der Waals surface area contributed by atoms with Crippen LogP contribution in [0.3, 0.4) is 0 Å². The summed E-state index contributed by atoms with van der Waals surface area (Å²) in [5.74, 6) is 0.287. The number of morpholine rings is 1. The molecular formula is C13H24N2O2. The van der Waals surface area contributed by atoms with Gasteiger partial charge in [-0.15, -0.1) is 0 Å². The van der Waals surface area contributed by atoms with E-state index < -0.39 is 0 Å². The molecule has 2 aliphatic heterocycles. The maximum absolute atomic E-state index is 12.1. The number of carbonyl (C=O) groups excluding carboxylic acids is 1. The lowest BCUT2D eigenvalue weighted by Crippen LogP contribution is -2.50. The van der Waals surface area contributed by atoms with Gasteiger partial charge in [0.05, 0.1) is 12.2 Å². The summed E-state index contributed by atoms with van der Waals surface area (Å²) in [5, 5.41) is 3.44. The van der Waals surface area contributed by atoms with Crippen LogP contribution in [0, 0.1) is 0 Å². The predicted molar refractivity (Wildman–Crippen MR) is 66.9 cm³/mol. The van der Waals surface area contributed by atoms with Crippen LogP contribution in [0.15, 0.2) is 0 Å². The van der Waals surface area contributed by atoms with E-state index in [4.69, 9.17) is 4.74 Å². The van der Waals surface area contributed by atoms with Crippen LogP contribution in [0.25, 0.3) is 0 Å². The fraction of sp³-hybridized carbons (Fsp3) is 0.923. The summed E-state index contributed by atoms with van der Waals surface area (Å²) in [4.78, 5) is 14.0. The fourth-order valence-electron chi connectivity index (χ4n) is 2.69. The minimum atomic E-state index is -0.181. The first kappa shape index (κ1) is 12.8. The first-order chi connectivity index (χ1) is 8.07. The molecule has 1 unspecified atom stereocenters. The predicted octanol–water partition coefficient (Wildman–Crippen LogP) is 1.16. The van der Waals surface area contributed by atoms with Crippen molar-refractivity contribution in [3.63, 3.8) is 0 Å². The monoisotopic (exact) mass is 240 g/mol. The summed E-state index contributed by atoms with van der Waals surface area (Å²) in [6.07, 6.45) is 4.13. The van der Waals surface area contributed by atoms with E-state index in [9.17, 15) is 4.79 Å². The molecule has 1 atom stereocenters. The third-order valence-corrected chi connectivity index (χ3v) is 3.65. The van der Waals surface area contributed by atoms with Gasteiger partial charge in [-0.1, -0.05) is 0 Å². The molecule has 2 fully saturated rings. The number of nitrogens with zero attached hydrogens (tertiary/aromatic N) is 1. The summed E-state index contributed by atoms with van der Waals surface area (Å²) in [7, 11) is 0. The molecule has 4 heteroatoms. The molecule has 0 aromatic rings. The highest BCUT2D eigenvalue weighted by Gasteiger charge is 2.30. The van der Waals surface area contributed by atoms with Crippen molar-refractivity contribution in [3.05, 3.63) is 0 Å². The lowest BCUT2D eigenvalue weighted by Gasteiger charge is -2.38. The van der Waals surface area contributed by atoms with Crippen molar-refractivity contribution >= 4 is 5.91 Å². The number of nitrogens with one attached hydrogen (secondary N) is 1. The topological polar surface area (TPSA) is 41.6 Å². The van der Waals surface area contributed by atoms with Gasteiger partial charge >= 0.3 is 0 Å². The lowest BCUT2D eigenvalue weighted by molar-refractivity contribution is -0.146. The van der Waals surface area contributed by atoms with Gasteiger partial charge in [-0.2, -0.15) is 0 Å². The van der Waals surface area contributed by atoms with Crippen molar-refractivity contribution < 1.29 is 9.53 Å². The van der Waals surface area contributed by atoms with Gasteiger partial charge in [0, 0.05) is 25.6 Å². The minimum absolute atomic E-state index is 0.181. The quantitative estimate of drug-likeness (QED) is 0.805. The Kier molecular flexibility index (Phi) is 4.05. The van der Waals surface area contributed by atoms with Crippen molar-refractivity contribution in [2.24, 2.45) is 0 Å². The highest BCUT2D eigenvalue weighted by molar-refractivity contribution is 5.76. The van der Waals surface area contributed by atoms with E-state index >= 15 is 0 Å². The molecule has 17 heavy (non-hydrogen) atoms. The highest BCUT2D eigenvalue weighted by atomic mass is 16.5. The third kappa shape index (κ3) is 3.68. The smallest absolute Gasteiger partial charge is 0.222 e. The summed E-state index contributed by atoms with van der Waals surface area (Å²) < 4.78 is 5.62. The molecule has 1 N–H and O–H groups in total. The standard InChI is InChI=1S/C13H24N2O2/c1-13(2)10-15(8-9-17-13)12(16)6-5-11-4-3-7-14-11/h11,14H,3-10H2,1-2H3. The van der Waals surface area contributed by atoms with Crippen LogP contribution >= 0.6 is 0 Å². The largest absolute Gasteiger partial charge is 0.372 e. The Labute approximate surface area is 104 Å². The molecule has 4 nitrogen and oxygen atoms in total. The second kappa shape index (κ2) is 5.36. The second-order valence-electron chi connectivity index (χ2n) is 5.76. The Bertz CT molecular complexity index is 273. The third-order valence-electron chi connectivity index (χ3n) is 3.65. The van der Waals surface area contributed by atoms with E-state index in [1.807, 2.05) is 18.7 Å². The Balaban J connectivity index is 1.75. The molecule has 2 rings (SSSR count). The molecule has 2 heterocycles. The maximum atomic E-state index is 12.1. The molecule has 1 amide bonds. The molecule has 0 spiro atoms. The van der Waals surface area contributed by atoms with Gasteiger partial charge in [-0.25, -0.2) is 0 Å². The van der Waals surface area contributed by atoms with Gasteiger partial charge in [-0.05, 0) is 39.7 Å². The first-order valence-corrected chi connectivity index (χ1v) is 6.72. The molecule has 0 aromatic heterocycles. The Morgan fingerprint density at radius 3 is 3.00 bits per heavy atom. The molecule has 0 aliphatic carbocycles. The van der Waals surface area contributed by atoms with Gasteiger partial charge in [-0.3, -0.25) is 4.79 Å².